The Balaban J connectivity index is 1.84. The number of hydrogen-bond donors (Lipinski definition) is 2. The van der Waals surface area contributed by atoms with E-state index in [1.165, 1.54) is 5.56 Å². The summed E-state index contributed by atoms with van der Waals surface area (Å²) in [6, 6.07) is 14.8. The summed E-state index contributed by atoms with van der Waals surface area (Å²) in [5.41, 5.74) is 1.52. The molecule has 2 aromatic carbocycles. The third-order valence-electron chi connectivity index (χ3n) is 5.68. The Kier molecular flexibility index (Phi) is 6.39. The molecule has 4 nitrogen and oxygen atoms in total. The molecular formula is C23H25ClN2O2. The molecule has 1 atom stereocenters. The first-order valence-electron chi connectivity index (χ1n) is 9.77. The highest BCUT2D eigenvalue weighted by Gasteiger charge is 2.44. The van der Waals surface area contributed by atoms with Gasteiger partial charge in [-0.2, -0.15) is 5.26 Å². The summed E-state index contributed by atoms with van der Waals surface area (Å²) in [5.74, 6) is -0.494. The lowest BCUT2D eigenvalue weighted by Crippen LogP contribution is -2.50. The summed E-state index contributed by atoms with van der Waals surface area (Å²) < 4.78 is 0. The van der Waals surface area contributed by atoms with Gasteiger partial charge >= 0.3 is 0 Å². The number of aliphatic hydroxyl groups is 1. The monoisotopic (exact) mass is 396 g/mol. The van der Waals surface area contributed by atoms with Gasteiger partial charge in [0.15, 0.2) is 0 Å². The highest BCUT2D eigenvalue weighted by Crippen LogP contribution is 2.37. The van der Waals surface area contributed by atoms with Gasteiger partial charge in [-0.25, -0.2) is 0 Å². The predicted molar refractivity (Wildman–Crippen MR) is 111 cm³/mol. The maximum absolute atomic E-state index is 13.1. The number of amides is 1. The molecular weight excluding hydrogens is 372 g/mol. The van der Waals surface area contributed by atoms with Crippen LogP contribution in [0.15, 0.2) is 42.5 Å². The van der Waals surface area contributed by atoms with Crippen LogP contribution >= 0.6 is 11.6 Å². The zero-order chi connectivity index (χ0) is 20.1. The first-order valence-corrected chi connectivity index (χ1v) is 10.2. The number of nitriles is 1. The van der Waals surface area contributed by atoms with Gasteiger partial charge in [-0.3, -0.25) is 4.79 Å². The molecule has 1 unspecified atom stereocenters. The van der Waals surface area contributed by atoms with Gasteiger partial charge in [-0.15, -0.1) is 0 Å². The lowest BCUT2D eigenvalue weighted by Gasteiger charge is -2.33. The van der Waals surface area contributed by atoms with Crippen molar-refractivity contribution in [2.75, 3.05) is 5.32 Å². The van der Waals surface area contributed by atoms with Crippen LogP contribution < -0.4 is 5.32 Å². The standard InChI is InChI=1S/C23H25ClN2O2/c1-2-16-7-9-17(10-8-16)14-23(28,19-5-3-4-6-19)22(27)26-20-12-11-18(15-25)21(24)13-20/h7-13,19,28H,2-6,14H2,1H3,(H,26,27). The number of benzene rings is 2. The molecule has 0 aliphatic heterocycles. The lowest BCUT2D eigenvalue weighted by molar-refractivity contribution is -0.139. The topological polar surface area (TPSA) is 73.1 Å². The van der Waals surface area contributed by atoms with Crippen LogP contribution in [0.2, 0.25) is 5.02 Å². The maximum Gasteiger partial charge on any atom is 0.256 e. The van der Waals surface area contributed by atoms with Crippen LogP contribution in [0.1, 0.15) is 49.3 Å². The van der Waals surface area contributed by atoms with Crippen molar-refractivity contribution in [1.82, 2.24) is 0 Å². The van der Waals surface area contributed by atoms with Gasteiger partial charge in [0.25, 0.3) is 5.91 Å². The molecule has 0 spiro atoms. The normalized spacial score (nSPS) is 16.4. The Morgan fingerprint density at radius 2 is 1.86 bits per heavy atom. The number of carbonyl (C=O) groups is 1. The minimum atomic E-state index is -1.48. The zero-order valence-corrected chi connectivity index (χ0v) is 16.8. The molecule has 28 heavy (non-hydrogen) atoms. The quantitative estimate of drug-likeness (QED) is 0.731. The van der Waals surface area contributed by atoms with E-state index in [9.17, 15) is 9.90 Å². The lowest BCUT2D eigenvalue weighted by atomic mass is 9.80. The van der Waals surface area contributed by atoms with Crippen molar-refractivity contribution < 1.29 is 9.90 Å². The Morgan fingerprint density at radius 3 is 2.43 bits per heavy atom. The molecule has 2 aromatic rings. The van der Waals surface area contributed by atoms with E-state index in [2.05, 4.69) is 12.2 Å². The number of rotatable bonds is 6. The molecule has 0 bridgehead atoms. The highest BCUT2D eigenvalue weighted by molar-refractivity contribution is 6.32. The molecule has 1 saturated carbocycles. The van der Waals surface area contributed by atoms with Gasteiger partial charge < -0.3 is 10.4 Å². The van der Waals surface area contributed by atoms with Gasteiger partial charge in [0.2, 0.25) is 0 Å². The smallest absolute Gasteiger partial charge is 0.256 e. The summed E-state index contributed by atoms with van der Waals surface area (Å²) in [7, 11) is 0. The molecule has 1 fully saturated rings. The summed E-state index contributed by atoms with van der Waals surface area (Å²) in [5, 5.41) is 23.6. The molecule has 1 aliphatic carbocycles. The van der Waals surface area contributed by atoms with E-state index in [1.807, 2.05) is 30.3 Å². The number of nitrogens with zero attached hydrogens (tertiary/aromatic N) is 1. The second kappa shape index (κ2) is 8.77. The summed E-state index contributed by atoms with van der Waals surface area (Å²) in [4.78, 5) is 13.1. The predicted octanol–water partition coefficient (Wildman–Crippen LogP) is 4.88. The number of carbonyl (C=O) groups excluding carboxylic acids is 1. The van der Waals surface area contributed by atoms with Crippen molar-refractivity contribution in [3.63, 3.8) is 0 Å². The van der Waals surface area contributed by atoms with Crippen LogP contribution in [0.3, 0.4) is 0 Å². The zero-order valence-electron chi connectivity index (χ0n) is 16.0. The van der Waals surface area contributed by atoms with Gasteiger partial charge in [-0.1, -0.05) is 55.6 Å². The Morgan fingerprint density at radius 1 is 1.21 bits per heavy atom. The highest BCUT2D eigenvalue weighted by atomic mass is 35.5. The van der Waals surface area contributed by atoms with E-state index in [0.29, 0.717) is 11.3 Å². The first-order chi connectivity index (χ1) is 13.5. The van der Waals surface area contributed by atoms with Crippen molar-refractivity contribution in [2.45, 2.75) is 51.0 Å². The number of anilines is 1. The third kappa shape index (κ3) is 4.38. The fourth-order valence-corrected chi connectivity index (χ4v) is 4.16. The van der Waals surface area contributed by atoms with Crippen LogP contribution in [0.5, 0.6) is 0 Å². The van der Waals surface area contributed by atoms with E-state index in [0.717, 1.165) is 37.7 Å². The molecule has 0 radical (unpaired) electrons. The van der Waals surface area contributed by atoms with Gasteiger partial charge in [0, 0.05) is 12.1 Å². The molecule has 5 heteroatoms. The van der Waals surface area contributed by atoms with Crippen LogP contribution in [0.25, 0.3) is 0 Å². The van der Waals surface area contributed by atoms with Crippen LogP contribution in [-0.2, 0) is 17.6 Å². The number of halogens is 1. The van der Waals surface area contributed by atoms with Gasteiger partial charge in [-0.05, 0) is 54.5 Å². The van der Waals surface area contributed by atoms with Crippen LogP contribution in [0, 0.1) is 17.2 Å². The van der Waals surface area contributed by atoms with Crippen molar-refractivity contribution in [3.8, 4) is 6.07 Å². The molecule has 0 saturated heterocycles. The molecule has 1 amide bonds. The first kappa shape index (κ1) is 20.4. The molecule has 2 N–H and O–H groups in total. The van der Waals surface area contributed by atoms with Crippen LogP contribution in [-0.4, -0.2) is 16.6 Å². The van der Waals surface area contributed by atoms with E-state index >= 15 is 0 Å². The molecule has 0 heterocycles. The van der Waals surface area contributed by atoms with Crippen molar-refractivity contribution in [3.05, 3.63) is 64.2 Å². The second-order valence-corrected chi connectivity index (χ2v) is 7.92. The van der Waals surface area contributed by atoms with Crippen molar-refractivity contribution >= 4 is 23.2 Å². The van der Waals surface area contributed by atoms with Gasteiger partial charge in [0.05, 0.1) is 10.6 Å². The Labute approximate surface area is 171 Å². The average Bonchev–Trinajstić information content (AvgIpc) is 3.24. The summed E-state index contributed by atoms with van der Waals surface area (Å²) >= 11 is 6.08. The summed E-state index contributed by atoms with van der Waals surface area (Å²) in [6.07, 6.45) is 4.95. The van der Waals surface area contributed by atoms with E-state index in [1.54, 1.807) is 18.2 Å². The largest absolute Gasteiger partial charge is 0.379 e. The van der Waals surface area contributed by atoms with E-state index in [4.69, 9.17) is 16.9 Å². The Hall–Kier alpha value is -2.35. The minimum Gasteiger partial charge on any atom is -0.379 e. The maximum atomic E-state index is 13.1. The average molecular weight is 397 g/mol. The summed E-state index contributed by atoms with van der Waals surface area (Å²) in [6.45, 7) is 2.10. The van der Waals surface area contributed by atoms with Crippen molar-refractivity contribution in [2.24, 2.45) is 5.92 Å². The minimum absolute atomic E-state index is 0.0767. The van der Waals surface area contributed by atoms with Gasteiger partial charge in [0.1, 0.15) is 11.7 Å². The second-order valence-electron chi connectivity index (χ2n) is 7.51. The SMILES string of the molecule is CCc1ccc(CC(O)(C(=O)Nc2ccc(C#N)c(Cl)c2)C2CCCC2)cc1. The number of nitrogens with one attached hydrogen (secondary N) is 1. The fraction of sp³-hybridized carbons (Fsp3) is 0.391. The van der Waals surface area contributed by atoms with E-state index < -0.39 is 11.5 Å². The molecule has 3 rings (SSSR count). The number of aryl methyl sites for hydroxylation is 1. The molecule has 0 aromatic heterocycles. The third-order valence-corrected chi connectivity index (χ3v) is 5.99. The van der Waals surface area contributed by atoms with E-state index in [-0.39, 0.29) is 17.4 Å². The molecule has 146 valence electrons. The fourth-order valence-electron chi connectivity index (χ4n) is 3.94. The number of hydrogen-bond acceptors (Lipinski definition) is 3. The van der Waals surface area contributed by atoms with Crippen LogP contribution in [0.4, 0.5) is 5.69 Å². The molecule has 1 aliphatic rings. The Bertz CT molecular complexity index is 882. The van der Waals surface area contributed by atoms with Crippen molar-refractivity contribution in [1.29, 1.82) is 5.26 Å².